The van der Waals surface area contributed by atoms with Crippen molar-refractivity contribution in [1.82, 2.24) is 14.2 Å². The number of hydrogen-bond acceptors (Lipinski definition) is 5. The number of halogens is 1. The molecule has 1 atom stereocenters. The van der Waals surface area contributed by atoms with E-state index in [0.717, 1.165) is 43.2 Å². The van der Waals surface area contributed by atoms with E-state index < -0.39 is 20.7 Å². The lowest BCUT2D eigenvalue weighted by atomic mass is 9.98. The molecule has 2 fully saturated rings. The summed E-state index contributed by atoms with van der Waals surface area (Å²) in [4.78, 5) is 18.7. The van der Waals surface area contributed by atoms with E-state index in [9.17, 15) is 17.6 Å². The molecular formula is C20H24FN3O3S2. The van der Waals surface area contributed by atoms with Crippen molar-refractivity contribution in [3.8, 4) is 0 Å². The van der Waals surface area contributed by atoms with Crippen molar-refractivity contribution in [2.24, 2.45) is 0 Å². The Morgan fingerprint density at radius 3 is 2.66 bits per heavy atom. The maximum absolute atomic E-state index is 14.4. The predicted octanol–water partition coefficient (Wildman–Crippen LogP) is 3.48. The summed E-state index contributed by atoms with van der Waals surface area (Å²) >= 11 is 1.58. The Balaban J connectivity index is 1.57. The van der Waals surface area contributed by atoms with E-state index >= 15 is 0 Å². The van der Waals surface area contributed by atoms with Crippen molar-refractivity contribution in [2.45, 2.75) is 42.9 Å². The number of carbonyl (C=O) groups is 1. The molecule has 2 aliphatic rings. The van der Waals surface area contributed by atoms with E-state index in [1.165, 1.54) is 16.4 Å². The minimum atomic E-state index is -3.95. The molecule has 1 aromatic carbocycles. The van der Waals surface area contributed by atoms with Gasteiger partial charge in [-0.1, -0.05) is 6.42 Å². The van der Waals surface area contributed by atoms with E-state index in [-0.39, 0.29) is 17.4 Å². The minimum Gasteiger partial charge on any atom is -0.338 e. The molecule has 0 aliphatic carbocycles. The van der Waals surface area contributed by atoms with Crippen molar-refractivity contribution in [3.05, 3.63) is 46.2 Å². The number of likely N-dealkylation sites (tertiary alicyclic amines) is 1. The zero-order valence-electron chi connectivity index (χ0n) is 16.1. The maximum atomic E-state index is 14.4. The molecular weight excluding hydrogens is 413 g/mol. The molecule has 9 heteroatoms. The van der Waals surface area contributed by atoms with Gasteiger partial charge in [0.15, 0.2) is 0 Å². The summed E-state index contributed by atoms with van der Waals surface area (Å²) in [6.45, 7) is 1.92. The van der Waals surface area contributed by atoms with E-state index in [1.807, 2.05) is 5.38 Å². The summed E-state index contributed by atoms with van der Waals surface area (Å²) in [5.41, 5.74) is 0.210. The van der Waals surface area contributed by atoms with Crippen LogP contribution in [0.2, 0.25) is 0 Å². The van der Waals surface area contributed by atoms with Gasteiger partial charge in [0.25, 0.3) is 5.91 Å². The highest BCUT2D eigenvalue weighted by molar-refractivity contribution is 7.89. The molecule has 0 radical (unpaired) electrons. The lowest BCUT2D eigenvalue weighted by Gasteiger charge is -2.32. The second-order valence-corrected chi connectivity index (χ2v) is 10.4. The van der Waals surface area contributed by atoms with Crippen LogP contribution in [0.15, 0.2) is 34.7 Å². The molecule has 2 aromatic rings. The highest BCUT2D eigenvalue weighted by atomic mass is 32.2. The van der Waals surface area contributed by atoms with E-state index in [4.69, 9.17) is 0 Å². The average Bonchev–Trinajstić information content (AvgIpc) is 3.29. The van der Waals surface area contributed by atoms with Crippen LogP contribution in [-0.4, -0.2) is 54.7 Å². The van der Waals surface area contributed by atoms with Gasteiger partial charge in [0, 0.05) is 49.2 Å². The average molecular weight is 438 g/mol. The lowest BCUT2D eigenvalue weighted by Crippen LogP contribution is -2.39. The first kappa shape index (κ1) is 20.4. The summed E-state index contributed by atoms with van der Waals surface area (Å²) in [7, 11) is -3.95. The Hall–Kier alpha value is -1.84. The zero-order chi connectivity index (χ0) is 20.4. The fourth-order valence-corrected chi connectivity index (χ4v) is 6.44. The van der Waals surface area contributed by atoms with Gasteiger partial charge in [-0.3, -0.25) is 4.79 Å². The normalized spacial score (nSPS) is 21.3. The third-order valence-corrected chi connectivity index (χ3v) is 8.47. The highest BCUT2D eigenvalue weighted by Gasteiger charge is 2.31. The van der Waals surface area contributed by atoms with Gasteiger partial charge in [-0.05, 0) is 43.9 Å². The first-order chi connectivity index (χ1) is 14.0. The number of hydrogen-bond donors (Lipinski definition) is 0. The number of nitrogens with zero attached hydrogens (tertiary/aromatic N) is 3. The number of aromatic nitrogens is 1. The van der Waals surface area contributed by atoms with Crippen LogP contribution in [0.3, 0.4) is 0 Å². The van der Waals surface area contributed by atoms with Gasteiger partial charge in [0.2, 0.25) is 10.0 Å². The predicted molar refractivity (Wildman–Crippen MR) is 109 cm³/mol. The van der Waals surface area contributed by atoms with Crippen LogP contribution in [0.5, 0.6) is 0 Å². The van der Waals surface area contributed by atoms with Crippen LogP contribution in [0.1, 0.15) is 53.4 Å². The molecule has 156 valence electrons. The number of amides is 1. The fraction of sp³-hybridized carbons (Fsp3) is 0.500. The third kappa shape index (κ3) is 4.22. The van der Waals surface area contributed by atoms with Crippen molar-refractivity contribution in [3.63, 3.8) is 0 Å². The third-order valence-electron chi connectivity index (χ3n) is 5.62. The molecule has 1 aromatic heterocycles. The molecule has 1 unspecified atom stereocenters. The van der Waals surface area contributed by atoms with Crippen LogP contribution in [0.25, 0.3) is 0 Å². The van der Waals surface area contributed by atoms with Crippen molar-refractivity contribution in [1.29, 1.82) is 0 Å². The number of piperidine rings is 2. The van der Waals surface area contributed by atoms with Crippen LogP contribution < -0.4 is 0 Å². The van der Waals surface area contributed by atoms with Gasteiger partial charge in [-0.25, -0.2) is 17.8 Å². The standard InChI is InChI=1S/C20H24FN3O3S2/c21-17-7-6-15(13-18(17)29(26,27)24-10-2-1-3-11-24)20(25)23-9-4-5-16(14-23)19-22-8-12-28-19/h6-8,12-13,16H,1-5,9-11,14H2. The molecule has 0 N–H and O–H groups in total. The van der Waals surface area contributed by atoms with E-state index in [1.54, 1.807) is 22.4 Å². The van der Waals surface area contributed by atoms with Gasteiger partial charge >= 0.3 is 0 Å². The maximum Gasteiger partial charge on any atom is 0.253 e. The molecule has 3 heterocycles. The van der Waals surface area contributed by atoms with Crippen molar-refractivity contribution < 1.29 is 17.6 Å². The molecule has 6 nitrogen and oxygen atoms in total. The van der Waals surface area contributed by atoms with Gasteiger partial charge < -0.3 is 4.90 Å². The summed E-state index contributed by atoms with van der Waals surface area (Å²) in [5.74, 6) is -0.891. The molecule has 1 amide bonds. The zero-order valence-corrected chi connectivity index (χ0v) is 17.7. The number of benzene rings is 1. The quantitative estimate of drug-likeness (QED) is 0.734. The van der Waals surface area contributed by atoms with Crippen molar-refractivity contribution >= 4 is 27.3 Å². The lowest BCUT2D eigenvalue weighted by molar-refractivity contribution is 0.0706. The second kappa shape index (κ2) is 8.49. The Morgan fingerprint density at radius 2 is 1.93 bits per heavy atom. The van der Waals surface area contributed by atoms with Crippen LogP contribution in [0, 0.1) is 5.82 Å². The van der Waals surface area contributed by atoms with Crippen LogP contribution in [0.4, 0.5) is 4.39 Å². The topological polar surface area (TPSA) is 70.6 Å². The number of sulfonamides is 1. The SMILES string of the molecule is O=C(c1ccc(F)c(S(=O)(=O)N2CCCCC2)c1)N1CCCC(c2nccs2)C1. The molecule has 0 bridgehead atoms. The number of thiazole rings is 1. The Morgan fingerprint density at radius 1 is 1.14 bits per heavy atom. The summed E-state index contributed by atoms with van der Waals surface area (Å²) in [5, 5.41) is 2.93. The smallest absolute Gasteiger partial charge is 0.253 e. The van der Waals surface area contributed by atoms with E-state index in [2.05, 4.69) is 4.98 Å². The second-order valence-electron chi connectivity index (χ2n) is 7.57. The molecule has 2 aliphatic heterocycles. The first-order valence-corrected chi connectivity index (χ1v) is 12.3. The minimum absolute atomic E-state index is 0.185. The van der Waals surface area contributed by atoms with Gasteiger partial charge in [-0.2, -0.15) is 4.31 Å². The summed E-state index contributed by atoms with van der Waals surface area (Å²) < 4.78 is 41.6. The number of rotatable bonds is 4. The Labute approximate surface area is 174 Å². The van der Waals surface area contributed by atoms with Crippen molar-refractivity contribution in [2.75, 3.05) is 26.2 Å². The summed E-state index contributed by atoms with van der Waals surface area (Å²) in [6.07, 6.45) is 6.10. The molecule has 0 spiro atoms. The van der Waals surface area contributed by atoms with Gasteiger partial charge in [0.05, 0.1) is 5.01 Å². The highest BCUT2D eigenvalue weighted by Crippen LogP contribution is 2.30. The first-order valence-electron chi connectivity index (χ1n) is 9.95. The fourth-order valence-electron chi connectivity index (χ4n) is 4.06. The molecule has 2 saturated heterocycles. The summed E-state index contributed by atoms with van der Waals surface area (Å²) in [6, 6.07) is 3.67. The van der Waals surface area contributed by atoms with Crippen LogP contribution in [-0.2, 0) is 10.0 Å². The molecule has 29 heavy (non-hydrogen) atoms. The van der Waals surface area contributed by atoms with Gasteiger partial charge in [0.1, 0.15) is 10.7 Å². The molecule has 0 saturated carbocycles. The van der Waals surface area contributed by atoms with E-state index in [0.29, 0.717) is 26.2 Å². The van der Waals surface area contributed by atoms with Crippen LogP contribution >= 0.6 is 11.3 Å². The number of carbonyl (C=O) groups excluding carboxylic acids is 1. The van der Waals surface area contributed by atoms with Gasteiger partial charge in [-0.15, -0.1) is 11.3 Å². The molecule has 4 rings (SSSR count). The Kier molecular flexibility index (Phi) is 5.98. The largest absolute Gasteiger partial charge is 0.338 e. The monoisotopic (exact) mass is 437 g/mol. The Bertz CT molecular complexity index is 973.